The lowest BCUT2D eigenvalue weighted by Crippen LogP contribution is -2.53. The smallest absolute Gasteiger partial charge is 0.00382 e. The molecule has 2 aliphatic rings. The molecule has 2 atom stereocenters. The highest BCUT2D eigenvalue weighted by Gasteiger charge is 2.47. The van der Waals surface area contributed by atoms with Crippen molar-refractivity contribution in [1.82, 2.24) is 10.2 Å². The van der Waals surface area contributed by atoms with Gasteiger partial charge in [0.15, 0.2) is 0 Å². The van der Waals surface area contributed by atoms with E-state index in [1.165, 1.54) is 58.2 Å². The van der Waals surface area contributed by atoms with E-state index in [0.29, 0.717) is 27.1 Å². The topological polar surface area (TPSA) is 15.3 Å². The van der Waals surface area contributed by atoms with Crippen molar-refractivity contribution in [2.45, 2.75) is 93.9 Å². The monoisotopic (exact) mass is 364 g/mol. The van der Waals surface area contributed by atoms with E-state index in [1.54, 1.807) is 0 Å². The van der Waals surface area contributed by atoms with Crippen LogP contribution in [0.25, 0.3) is 0 Å². The minimum atomic E-state index is 0.362. The minimum absolute atomic E-state index is 0.362. The van der Waals surface area contributed by atoms with Crippen LogP contribution in [0.5, 0.6) is 0 Å². The Labute approximate surface area is 164 Å². The van der Waals surface area contributed by atoms with Crippen molar-refractivity contribution in [3.05, 3.63) is 0 Å². The maximum Gasteiger partial charge on any atom is 0.00382 e. The van der Waals surface area contributed by atoms with Gasteiger partial charge in [-0.05, 0) is 66.2 Å². The fourth-order valence-corrected chi connectivity index (χ4v) is 6.33. The Morgan fingerprint density at radius 1 is 0.615 bits per heavy atom. The number of hydrogen-bond acceptors (Lipinski definition) is 2. The SMILES string of the molecule is CN1CC(C)(C)CCCC(C)(C2(C)CCC(C)(C)CC(C)(C)CNC2)C1. The first kappa shape index (κ1) is 22.2. The quantitative estimate of drug-likeness (QED) is 0.617. The van der Waals surface area contributed by atoms with E-state index in [9.17, 15) is 0 Å². The van der Waals surface area contributed by atoms with Crippen LogP contribution in [0, 0.1) is 27.1 Å². The molecule has 0 bridgehead atoms. The summed E-state index contributed by atoms with van der Waals surface area (Å²) in [5.41, 5.74) is 2.02. The zero-order valence-corrected chi connectivity index (χ0v) is 19.5. The Bertz CT molecular complexity index is 479. The van der Waals surface area contributed by atoms with Crippen LogP contribution in [0.2, 0.25) is 0 Å². The summed E-state index contributed by atoms with van der Waals surface area (Å²) in [5.74, 6) is 0. The van der Waals surface area contributed by atoms with Gasteiger partial charge in [0, 0.05) is 26.2 Å². The third-order valence-electron chi connectivity index (χ3n) is 7.79. The average Bonchev–Trinajstić information content (AvgIpc) is 2.44. The molecule has 1 N–H and O–H groups in total. The largest absolute Gasteiger partial charge is 0.316 e. The Balaban J connectivity index is 2.24. The van der Waals surface area contributed by atoms with Gasteiger partial charge in [-0.2, -0.15) is 0 Å². The fraction of sp³-hybridized carbons (Fsp3) is 1.00. The van der Waals surface area contributed by atoms with Gasteiger partial charge in [0.1, 0.15) is 0 Å². The summed E-state index contributed by atoms with van der Waals surface area (Å²) < 4.78 is 0. The molecule has 0 aromatic heterocycles. The van der Waals surface area contributed by atoms with Crippen molar-refractivity contribution >= 4 is 0 Å². The van der Waals surface area contributed by atoms with Crippen LogP contribution in [-0.4, -0.2) is 38.1 Å². The Morgan fingerprint density at radius 2 is 1.27 bits per heavy atom. The lowest BCUT2D eigenvalue weighted by molar-refractivity contribution is -0.0131. The van der Waals surface area contributed by atoms with Crippen LogP contribution in [0.4, 0.5) is 0 Å². The van der Waals surface area contributed by atoms with E-state index >= 15 is 0 Å². The van der Waals surface area contributed by atoms with Crippen LogP contribution in [0.1, 0.15) is 93.9 Å². The van der Waals surface area contributed by atoms with Crippen molar-refractivity contribution in [3.63, 3.8) is 0 Å². The van der Waals surface area contributed by atoms with E-state index in [4.69, 9.17) is 0 Å². The summed E-state index contributed by atoms with van der Waals surface area (Å²) in [5, 5.41) is 3.92. The van der Waals surface area contributed by atoms with Crippen LogP contribution in [-0.2, 0) is 0 Å². The van der Waals surface area contributed by atoms with Crippen molar-refractivity contribution in [1.29, 1.82) is 0 Å². The van der Waals surface area contributed by atoms with E-state index in [1.807, 2.05) is 0 Å². The summed E-state index contributed by atoms with van der Waals surface area (Å²) >= 11 is 0. The van der Waals surface area contributed by atoms with Crippen LogP contribution in [0.3, 0.4) is 0 Å². The van der Waals surface area contributed by atoms with Crippen LogP contribution < -0.4 is 5.32 Å². The Morgan fingerprint density at radius 3 is 1.92 bits per heavy atom. The van der Waals surface area contributed by atoms with Gasteiger partial charge in [-0.25, -0.2) is 0 Å². The number of nitrogens with one attached hydrogen (secondary N) is 1. The van der Waals surface area contributed by atoms with Gasteiger partial charge in [-0.1, -0.05) is 61.8 Å². The third kappa shape index (κ3) is 5.47. The first-order chi connectivity index (χ1) is 11.7. The van der Waals surface area contributed by atoms with Gasteiger partial charge in [-0.15, -0.1) is 0 Å². The summed E-state index contributed by atoms with van der Waals surface area (Å²) in [6, 6.07) is 0. The molecule has 2 heteroatoms. The van der Waals surface area contributed by atoms with Gasteiger partial charge >= 0.3 is 0 Å². The summed E-state index contributed by atoms with van der Waals surface area (Å²) in [4.78, 5) is 2.63. The Hall–Kier alpha value is -0.0800. The van der Waals surface area contributed by atoms with E-state index in [0.717, 1.165) is 6.54 Å². The van der Waals surface area contributed by atoms with Gasteiger partial charge < -0.3 is 10.2 Å². The van der Waals surface area contributed by atoms with Gasteiger partial charge in [0.2, 0.25) is 0 Å². The van der Waals surface area contributed by atoms with E-state index in [2.05, 4.69) is 72.7 Å². The van der Waals surface area contributed by atoms with Crippen LogP contribution in [0.15, 0.2) is 0 Å². The summed E-state index contributed by atoms with van der Waals surface area (Å²) in [6.45, 7) is 24.7. The van der Waals surface area contributed by atoms with Crippen molar-refractivity contribution < 1.29 is 0 Å². The highest BCUT2D eigenvalue weighted by atomic mass is 15.1. The van der Waals surface area contributed by atoms with Gasteiger partial charge in [0.05, 0.1) is 0 Å². The van der Waals surface area contributed by atoms with Gasteiger partial charge in [-0.3, -0.25) is 0 Å². The molecule has 2 rings (SSSR count). The molecule has 0 spiro atoms. The summed E-state index contributed by atoms with van der Waals surface area (Å²) in [7, 11) is 2.35. The number of nitrogens with zero attached hydrogens (tertiary/aromatic N) is 1. The molecule has 2 aliphatic heterocycles. The van der Waals surface area contributed by atoms with E-state index < -0.39 is 0 Å². The number of rotatable bonds is 1. The molecule has 0 amide bonds. The first-order valence-electron chi connectivity index (χ1n) is 11.1. The predicted octanol–water partition coefficient (Wildman–Crippen LogP) is 5.97. The number of likely N-dealkylation sites (tertiary alicyclic amines) is 1. The molecule has 2 nitrogen and oxygen atoms in total. The predicted molar refractivity (Wildman–Crippen MR) is 116 cm³/mol. The zero-order chi connectivity index (χ0) is 19.9. The molecule has 26 heavy (non-hydrogen) atoms. The molecule has 154 valence electrons. The molecule has 0 aromatic carbocycles. The second-order valence-electron chi connectivity index (χ2n) is 12.9. The fourth-order valence-electron chi connectivity index (χ4n) is 6.33. The van der Waals surface area contributed by atoms with Crippen molar-refractivity contribution in [3.8, 4) is 0 Å². The lowest BCUT2D eigenvalue weighted by atomic mass is 9.58. The molecular weight excluding hydrogens is 316 g/mol. The molecule has 2 heterocycles. The summed E-state index contributed by atoms with van der Waals surface area (Å²) in [6.07, 6.45) is 8.10. The van der Waals surface area contributed by atoms with Crippen molar-refractivity contribution in [2.24, 2.45) is 27.1 Å². The second kappa shape index (κ2) is 7.39. The third-order valence-corrected chi connectivity index (χ3v) is 7.79. The highest BCUT2D eigenvalue weighted by molar-refractivity contribution is 4.99. The second-order valence-corrected chi connectivity index (χ2v) is 12.9. The molecule has 2 unspecified atom stereocenters. The minimum Gasteiger partial charge on any atom is -0.316 e. The molecule has 0 aromatic rings. The highest BCUT2D eigenvalue weighted by Crippen LogP contribution is 2.51. The Kier molecular flexibility index (Phi) is 6.31. The molecule has 2 fully saturated rings. The normalized spacial score (nSPS) is 39.1. The molecular formula is C24H48N2. The molecule has 0 saturated carbocycles. The molecule has 0 aliphatic carbocycles. The van der Waals surface area contributed by atoms with Crippen molar-refractivity contribution in [2.75, 3.05) is 33.2 Å². The maximum absolute atomic E-state index is 3.92. The van der Waals surface area contributed by atoms with E-state index in [-0.39, 0.29) is 0 Å². The first-order valence-corrected chi connectivity index (χ1v) is 11.1. The molecule has 0 radical (unpaired) electrons. The van der Waals surface area contributed by atoms with Gasteiger partial charge in [0.25, 0.3) is 0 Å². The standard InChI is InChI=1S/C24H48N2/c1-20(2)13-14-23(7,17-25-16-22(5,6)15-20)24(8)12-10-11-21(3,4)18-26(9)19-24/h25H,10-19H2,1-9H3. The lowest BCUT2D eigenvalue weighted by Gasteiger charge is -2.52. The van der Waals surface area contributed by atoms with Crippen LogP contribution >= 0.6 is 0 Å². The maximum atomic E-state index is 3.92. The number of hydrogen-bond donors (Lipinski definition) is 1. The zero-order valence-electron chi connectivity index (χ0n) is 19.5. The average molecular weight is 365 g/mol. The molecule has 2 saturated heterocycles.